The summed E-state index contributed by atoms with van der Waals surface area (Å²) >= 11 is 0. The van der Waals surface area contributed by atoms with Gasteiger partial charge in [-0.05, 0) is 133 Å². The lowest BCUT2D eigenvalue weighted by molar-refractivity contribution is -0.161. The highest BCUT2D eigenvalue weighted by atomic mass is 16.6. The molecule has 0 radical (unpaired) electrons. The number of hydrogen-bond donors (Lipinski definition) is 0. The average Bonchev–Trinajstić information content (AvgIpc) is 4.22. The molecule has 0 aromatic carbocycles. The molecule has 448 valence electrons. The van der Waals surface area contributed by atoms with Gasteiger partial charge in [0.2, 0.25) is 0 Å². The summed E-state index contributed by atoms with van der Waals surface area (Å²) in [6, 6.07) is 0. The molecule has 0 aromatic rings. The fourth-order valence-corrected chi connectivity index (χ4v) is 10.7. The number of carbonyl (C=O) groups excluding carboxylic acids is 4. The fourth-order valence-electron chi connectivity index (χ4n) is 10.7. The predicted molar refractivity (Wildman–Crippen MR) is 280 cm³/mol. The Bertz CT molecular complexity index is 1700. The summed E-state index contributed by atoms with van der Waals surface area (Å²) < 4.78 is 95.6. The minimum atomic E-state index is -0.867. The molecule has 78 heavy (non-hydrogen) atoms. The minimum Gasteiger partial charge on any atom is -0.460 e. The number of fused-ring (bicyclic) bond motifs is 3. The molecule has 0 spiro atoms. The van der Waals surface area contributed by atoms with E-state index in [2.05, 4.69) is 0 Å². The molecule has 7 rings (SSSR count). The van der Waals surface area contributed by atoms with Gasteiger partial charge in [-0.1, -0.05) is 6.92 Å². The molecule has 0 amide bonds. The Morgan fingerprint density at radius 2 is 0.718 bits per heavy atom. The third kappa shape index (κ3) is 21.6. The number of ether oxygens (including phenoxy) is 16. The van der Waals surface area contributed by atoms with Crippen LogP contribution >= 0.6 is 0 Å². The largest absolute Gasteiger partial charge is 0.460 e. The van der Waals surface area contributed by atoms with Crippen molar-refractivity contribution in [2.45, 2.75) is 238 Å². The quantitative estimate of drug-likeness (QED) is 0.0374. The van der Waals surface area contributed by atoms with Crippen LogP contribution < -0.4 is 0 Å². The van der Waals surface area contributed by atoms with Crippen LogP contribution in [0.3, 0.4) is 0 Å². The van der Waals surface area contributed by atoms with Crippen LogP contribution in [0.1, 0.15) is 140 Å². The second kappa shape index (κ2) is 30.6. The molecule has 20 atom stereocenters. The first-order valence-corrected chi connectivity index (χ1v) is 29.5. The van der Waals surface area contributed by atoms with E-state index < -0.39 is 29.8 Å². The van der Waals surface area contributed by atoms with E-state index >= 15 is 0 Å². The van der Waals surface area contributed by atoms with Gasteiger partial charge < -0.3 is 75.8 Å². The van der Waals surface area contributed by atoms with E-state index in [1.54, 1.807) is 0 Å². The topological polar surface area (TPSA) is 229 Å². The summed E-state index contributed by atoms with van der Waals surface area (Å²) in [5.41, 5.74) is -0.867. The Morgan fingerprint density at radius 3 is 1.01 bits per heavy atom. The van der Waals surface area contributed by atoms with E-state index in [1.165, 1.54) is 0 Å². The molecule has 0 N–H and O–H groups in total. The molecule has 7 aliphatic rings. The van der Waals surface area contributed by atoms with Gasteiger partial charge in [-0.3, -0.25) is 19.2 Å². The molecule has 3 aliphatic carbocycles. The van der Waals surface area contributed by atoms with Crippen LogP contribution in [0.4, 0.5) is 0 Å². The molecule has 20 heteroatoms. The van der Waals surface area contributed by atoms with Crippen molar-refractivity contribution >= 4 is 23.9 Å². The number of esters is 4. The summed E-state index contributed by atoms with van der Waals surface area (Å²) in [4.78, 5) is 51.6. The van der Waals surface area contributed by atoms with Gasteiger partial charge in [0.1, 0.15) is 24.4 Å². The van der Waals surface area contributed by atoms with Crippen LogP contribution in [-0.4, -0.2) is 201 Å². The fraction of sp³-hybridized carbons (Fsp3) is 0.931. The zero-order valence-corrected chi connectivity index (χ0v) is 48.5. The summed E-state index contributed by atoms with van der Waals surface area (Å²) in [5, 5.41) is 0. The van der Waals surface area contributed by atoms with Crippen LogP contribution in [0, 0.1) is 29.1 Å². The number of epoxide rings is 4. The van der Waals surface area contributed by atoms with E-state index in [0.29, 0.717) is 44.0 Å². The van der Waals surface area contributed by atoms with Crippen molar-refractivity contribution in [2.75, 3.05) is 79.3 Å². The minimum absolute atomic E-state index is 0.147. The van der Waals surface area contributed by atoms with Crippen LogP contribution in [0.5, 0.6) is 0 Å². The standard InChI is InChI=1S/C58H96O20/c1-34(11-15-47-43(10)75-47)54(59)71-39(6)26-67-35(2)22-63-30-58(31-64-23-36(3)68-27-40(7)72-55(60)44-12-16-48-51(19-44)76-48,32-65-24-37(4)69-28-41(8)73-56(61)45-13-17-49-52(20-45)77-49)33-66-25-38(5)70-29-42(9)74-57(62)46-14-18-50-53(21-46)78-50/h34-53H,11-33H2,1-10H3. The number of hydrogen-bond acceptors (Lipinski definition) is 20. The highest BCUT2D eigenvalue weighted by Crippen LogP contribution is 2.42. The summed E-state index contributed by atoms with van der Waals surface area (Å²) in [7, 11) is 0. The molecule has 0 bridgehead atoms. The lowest BCUT2D eigenvalue weighted by Crippen LogP contribution is -2.44. The Balaban J connectivity index is 0.912. The van der Waals surface area contributed by atoms with Gasteiger partial charge in [-0.15, -0.1) is 0 Å². The molecule has 0 aromatic heterocycles. The van der Waals surface area contributed by atoms with Crippen molar-refractivity contribution in [2.24, 2.45) is 29.1 Å². The van der Waals surface area contributed by atoms with Crippen molar-refractivity contribution in [1.29, 1.82) is 0 Å². The second-order valence-electron chi connectivity index (χ2n) is 24.2. The molecule has 20 nitrogen and oxygen atoms in total. The van der Waals surface area contributed by atoms with E-state index in [1.807, 2.05) is 69.2 Å². The molecule has 4 aliphatic heterocycles. The Hall–Kier alpha value is -2.60. The molecule has 20 unspecified atom stereocenters. The van der Waals surface area contributed by atoms with E-state index in [-0.39, 0.29) is 182 Å². The SMILES string of the molecule is CC(COCC(COCC(C)OCC(C)OC(=O)C1CCC2OC2C1)(COCC(C)OCC(C)OC(=O)C1CCC2OC2C1)COCC(C)OCC(C)OC(=O)C1CCC2OC2C1)OCC(C)OC(=O)C(C)CCC1OC1C. The lowest BCUT2D eigenvalue weighted by atomic mass is 9.89. The number of rotatable bonds is 39. The number of carbonyl (C=O) groups is 4. The van der Waals surface area contributed by atoms with Crippen molar-refractivity contribution in [3.8, 4) is 0 Å². The first kappa shape index (κ1) is 63.0. The smallest absolute Gasteiger partial charge is 0.309 e. The zero-order chi connectivity index (χ0) is 55.9. The first-order chi connectivity index (χ1) is 37.3. The van der Waals surface area contributed by atoms with Gasteiger partial charge in [0.05, 0.1) is 182 Å². The molecular formula is C58H96O20. The predicted octanol–water partition coefficient (Wildman–Crippen LogP) is 6.29. The van der Waals surface area contributed by atoms with E-state index in [4.69, 9.17) is 75.8 Å². The van der Waals surface area contributed by atoms with Gasteiger partial charge in [-0.2, -0.15) is 0 Å². The first-order valence-electron chi connectivity index (χ1n) is 29.5. The summed E-state index contributed by atoms with van der Waals surface area (Å²) in [5.74, 6) is -1.58. The van der Waals surface area contributed by atoms with Crippen molar-refractivity contribution in [1.82, 2.24) is 0 Å². The lowest BCUT2D eigenvalue weighted by Gasteiger charge is -2.34. The third-order valence-electron chi connectivity index (χ3n) is 15.9. The van der Waals surface area contributed by atoms with Crippen LogP contribution in [0.25, 0.3) is 0 Å². The third-order valence-corrected chi connectivity index (χ3v) is 15.9. The van der Waals surface area contributed by atoms with Gasteiger partial charge in [0, 0.05) is 0 Å². The molecule has 4 heterocycles. The summed E-state index contributed by atoms with van der Waals surface area (Å²) in [6.45, 7) is 21.0. The van der Waals surface area contributed by atoms with Gasteiger partial charge >= 0.3 is 23.9 Å². The molecular weight excluding hydrogens is 1020 g/mol. The molecule has 3 saturated carbocycles. The maximum absolute atomic E-state index is 12.9. The molecule has 7 fully saturated rings. The summed E-state index contributed by atoms with van der Waals surface area (Å²) in [6.07, 6.45) is 7.35. The van der Waals surface area contributed by atoms with Crippen LogP contribution in [-0.2, 0) is 95.0 Å². The van der Waals surface area contributed by atoms with Crippen LogP contribution in [0.2, 0.25) is 0 Å². The van der Waals surface area contributed by atoms with Gasteiger partial charge in [0.15, 0.2) is 0 Å². The van der Waals surface area contributed by atoms with Crippen molar-refractivity contribution in [3.63, 3.8) is 0 Å². The van der Waals surface area contributed by atoms with E-state index in [0.717, 1.165) is 44.9 Å². The monoisotopic (exact) mass is 1110 g/mol. The van der Waals surface area contributed by atoms with Crippen molar-refractivity contribution < 1.29 is 95.0 Å². The highest BCUT2D eigenvalue weighted by Gasteiger charge is 2.48. The Labute approximate surface area is 463 Å². The van der Waals surface area contributed by atoms with Crippen LogP contribution in [0.15, 0.2) is 0 Å². The second-order valence-corrected chi connectivity index (χ2v) is 24.2. The normalized spacial score (nSPS) is 31.9. The van der Waals surface area contributed by atoms with E-state index in [9.17, 15) is 19.2 Å². The van der Waals surface area contributed by atoms with Crippen molar-refractivity contribution in [3.05, 3.63) is 0 Å². The Kier molecular flexibility index (Phi) is 24.7. The van der Waals surface area contributed by atoms with Gasteiger partial charge in [-0.25, -0.2) is 0 Å². The maximum Gasteiger partial charge on any atom is 0.309 e. The maximum atomic E-state index is 12.9. The molecule has 4 saturated heterocycles. The van der Waals surface area contributed by atoms with Gasteiger partial charge in [0.25, 0.3) is 0 Å². The highest BCUT2D eigenvalue weighted by molar-refractivity contribution is 5.74. The average molecular weight is 1110 g/mol. The Morgan fingerprint density at radius 1 is 0.410 bits per heavy atom. The zero-order valence-electron chi connectivity index (χ0n) is 48.5.